The van der Waals surface area contributed by atoms with Crippen LogP contribution in [0.3, 0.4) is 0 Å². The molecule has 15 nitrogen and oxygen atoms in total. The smallest absolute Gasteiger partial charge is 0.413 e. The summed E-state index contributed by atoms with van der Waals surface area (Å²) in [6.07, 6.45) is -0.784. The fourth-order valence-corrected chi connectivity index (χ4v) is 8.19. The lowest BCUT2D eigenvalue weighted by molar-refractivity contribution is -0.144. The van der Waals surface area contributed by atoms with Crippen molar-refractivity contribution in [2.75, 3.05) is 18.9 Å². The third kappa shape index (κ3) is 16.6. The van der Waals surface area contributed by atoms with Gasteiger partial charge in [0.2, 0.25) is 11.8 Å². The van der Waals surface area contributed by atoms with Crippen molar-refractivity contribution < 1.29 is 47.7 Å². The van der Waals surface area contributed by atoms with Crippen molar-refractivity contribution in [2.24, 2.45) is 5.73 Å². The summed E-state index contributed by atoms with van der Waals surface area (Å²) in [6.45, 7) is 13.9. The molecule has 0 aliphatic carbocycles. The average Bonchev–Trinajstić information content (AvgIpc) is 3.26. The fourth-order valence-electron chi connectivity index (χ4n) is 6.62. The van der Waals surface area contributed by atoms with Crippen molar-refractivity contribution in [3.05, 3.63) is 150 Å². The maximum atomic E-state index is 14.1. The van der Waals surface area contributed by atoms with Crippen LogP contribution in [0.25, 0.3) is 0 Å². The number of benzene rings is 4. The van der Waals surface area contributed by atoms with Gasteiger partial charge in [0.15, 0.2) is 0 Å². The maximum absolute atomic E-state index is 14.1. The second kappa shape index (κ2) is 24.5. The summed E-state index contributed by atoms with van der Waals surface area (Å²) in [7, 11) is 0. The van der Waals surface area contributed by atoms with Crippen LogP contribution in [0.2, 0.25) is 0 Å². The minimum absolute atomic E-state index is 0.0176. The lowest BCUT2D eigenvalue weighted by atomic mass is 9.84. The maximum Gasteiger partial charge on any atom is 0.413 e. The number of thioether (sulfide) groups is 1. The first-order valence-corrected chi connectivity index (χ1v) is 22.5. The molecule has 4 aromatic carbocycles. The molecule has 5 amide bonds. The molecule has 352 valence electrons. The molecular weight excluding hydrogens is 863 g/mol. The molecule has 4 aromatic rings. The summed E-state index contributed by atoms with van der Waals surface area (Å²) in [4.78, 5) is 78.4. The van der Waals surface area contributed by atoms with Crippen molar-refractivity contribution in [3.63, 3.8) is 0 Å². The summed E-state index contributed by atoms with van der Waals surface area (Å²) >= 11 is 1.43. The van der Waals surface area contributed by atoms with E-state index in [-0.39, 0.29) is 43.9 Å². The number of rotatable bonds is 21. The average molecular weight is 924 g/mol. The van der Waals surface area contributed by atoms with Crippen LogP contribution in [0.1, 0.15) is 76.6 Å². The van der Waals surface area contributed by atoms with Crippen LogP contribution in [-0.2, 0) is 39.8 Å². The molecule has 0 radical (unpaired) electrons. The van der Waals surface area contributed by atoms with Crippen LogP contribution < -0.4 is 31.7 Å². The van der Waals surface area contributed by atoms with E-state index in [4.69, 9.17) is 24.7 Å². The molecule has 0 aliphatic rings. The predicted octanol–water partition coefficient (Wildman–Crippen LogP) is 7.31. The molecular formula is C50H61N5O10S. The zero-order valence-electron chi connectivity index (χ0n) is 38.3. The van der Waals surface area contributed by atoms with Gasteiger partial charge in [-0.3, -0.25) is 9.59 Å². The summed E-state index contributed by atoms with van der Waals surface area (Å²) in [6, 6.07) is 32.1. The van der Waals surface area contributed by atoms with Gasteiger partial charge >= 0.3 is 24.2 Å². The third-order valence-corrected chi connectivity index (χ3v) is 11.1. The molecule has 6 N–H and O–H groups in total. The van der Waals surface area contributed by atoms with Gasteiger partial charge in [0.25, 0.3) is 0 Å². The molecule has 16 heteroatoms. The van der Waals surface area contributed by atoms with Gasteiger partial charge in [-0.05, 0) is 88.8 Å². The SMILES string of the molecule is C=CCOC(=O)[C@H](Cc1ccc(OC(=O)N[C@@H](CCCNC(=O)OC(C)(C)C)C(=O)N[C@@H](CSC(c2ccccc2)(c2ccccc2)c2ccccc2)C(N)=O)cc1)NC(=O)OC(C)(C)C. The van der Waals surface area contributed by atoms with Gasteiger partial charge in [0, 0.05) is 18.7 Å². The van der Waals surface area contributed by atoms with Crippen molar-refractivity contribution in [1.29, 1.82) is 0 Å². The number of carbonyl (C=O) groups excluding carboxylic acids is 6. The van der Waals surface area contributed by atoms with E-state index in [1.807, 2.05) is 91.0 Å². The number of primary amides is 1. The Morgan fingerprint density at radius 2 is 1.15 bits per heavy atom. The number of hydrogen-bond acceptors (Lipinski definition) is 11. The van der Waals surface area contributed by atoms with E-state index in [1.165, 1.54) is 30.0 Å². The largest absolute Gasteiger partial charge is 0.460 e. The number of hydrogen-bond donors (Lipinski definition) is 5. The third-order valence-electron chi connectivity index (χ3n) is 9.51. The number of ether oxygens (including phenoxy) is 4. The standard InChI is InChI=1S/C50H61N5O10S/c1-8-31-62-44(58)40(55-47(61)65-49(5,6)7)32-34-26-28-38(29-27-34)63-46(60)54-39(25-18-30-52-45(59)64-48(2,3)4)43(57)53-41(42(51)56)33-66-50(35-19-12-9-13-20-35,36-21-14-10-15-22-36)37-23-16-11-17-24-37/h8-17,19-24,26-29,39-41H,1,18,25,30-33H2,2-7H3,(H2,51,56)(H,52,59)(H,53,57)(H,54,60)(H,55,61)/t39-,40-,41-/m0/s1. The number of alkyl carbamates (subject to hydrolysis) is 2. The van der Waals surface area contributed by atoms with Crippen LogP contribution in [0.5, 0.6) is 5.75 Å². The Bertz CT molecular complexity index is 2130. The monoisotopic (exact) mass is 923 g/mol. The Balaban J connectivity index is 1.53. The highest BCUT2D eigenvalue weighted by Crippen LogP contribution is 2.48. The van der Waals surface area contributed by atoms with Crippen LogP contribution >= 0.6 is 11.8 Å². The Hall–Kier alpha value is -6.81. The lowest BCUT2D eigenvalue weighted by Crippen LogP contribution is -2.54. The van der Waals surface area contributed by atoms with E-state index in [2.05, 4.69) is 27.8 Å². The predicted molar refractivity (Wildman–Crippen MR) is 254 cm³/mol. The minimum Gasteiger partial charge on any atom is -0.460 e. The second-order valence-electron chi connectivity index (χ2n) is 17.2. The van der Waals surface area contributed by atoms with Gasteiger partial charge < -0.3 is 45.9 Å². The summed E-state index contributed by atoms with van der Waals surface area (Å²) < 4.78 is 20.6. The number of carbonyl (C=O) groups is 6. The Morgan fingerprint density at radius 3 is 1.64 bits per heavy atom. The van der Waals surface area contributed by atoms with Gasteiger partial charge in [-0.1, -0.05) is 116 Å². The molecule has 66 heavy (non-hydrogen) atoms. The Morgan fingerprint density at radius 1 is 0.652 bits per heavy atom. The van der Waals surface area contributed by atoms with E-state index in [0.717, 1.165) is 16.7 Å². The summed E-state index contributed by atoms with van der Waals surface area (Å²) in [5.41, 5.74) is 7.85. The van der Waals surface area contributed by atoms with E-state index >= 15 is 0 Å². The molecule has 0 spiro atoms. The van der Waals surface area contributed by atoms with Gasteiger partial charge in [0.1, 0.15) is 41.7 Å². The molecule has 0 aromatic heterocycles. The summed E-state index contributed by atoms with van der Waals surface area (Å²) in [5, 5.41) is 10.6. The highest BCUT2D eigenvalue weighted by Gasteiger charge is 2.39. The Kier molecular flexibility index (Phi) is 19.2. The molecule has 0 fully saturated rings. The van der Waals surface area contributed by atoms with Gasteiger partial charge in [-0.2, -0.15) is 0 Å². The van der Waals surface area contributed by atoms with E-state index in [9.17, 15) is 28.8 Å². The van der Waals surface area contributed by atoms with E-state index in [1.54, 1.807) is 53.7 Å². The molecule has 0 heterocycles. The number of nitrogens with two attached hydrogens (primary N) is 1. The fraction of sp³-hybridized carbons (Fsp3) is 0.360. The van der Waals surface area contributed by atoms with Crippen LogP contribution in [0, 0.1) is 0 Å². The highest BCUT2D eigenvalue weighted by atomic mass is 32.2. The van der Waals surface area contributed by atoms with Crippen molar-refractivity contribution in [2.45, 2.75) is 94.9 Å². The first kappa shape index (κ1) is 51.8. The first-order valence-electron chi connectivity index (χ1n) is 21.5. The molecule has 0 unspecified atom stereocenters. The molecule has 0 aliphatic heterocycles. The number of nitrogens with one attached hydrogen (secondary N) is 4. The van der Waals surface area contributed by atoms with Crippen LogP contribution in [-0.4, -0.2) is 84.3 Å². The van der Waals surface area contributed by atoms with E-state index in [0.29, 0.717) is 5.56 Å². The van der Waals surface area contributed by atoms with Crippen LogP contribution in [0.15, 0.2) is 128 Å². The van der Waals surface area contributed by atoms with Crippen molar-refractivity contribution >= 4 is 47.8 Å². The first-order chi connectivity index (χ1) is 31.3. The van der Waals surface area contributed by atoms with E-state index < -0.39 is 70.1 Å². The van der Waals surface area contributed by atoms with Crippen molar-refractivity contribution in [3.8, 4) is 5.75 Å². The normalized spacial score (nSPS) is 12.8. The highest BCUT2D eigenvalue weighted by molar-refractivity contribution is 8.00. The molecule has 0 saturated heterocycles. The molecule has 4 rings (SSSR count). The molecule has 0 saturated carbocycles. The molecule has 0 bridgehead atoms. The van der Waals surface area contributed by atoms with Crippen molar-refractivity contribution in [1.82, 2.24) is 21.3 Å². The van der Waals surface area contributed by atoms with Gasteiger partial charge in [-0.25, -0.2) is 19.2 Å². The van der Waals surface area contributed by atoms with Gasteiger partial charge in [0.05, 0.1) is 4.75 Å². The minimum atomic E-state index is -1.24. The Labute approximate surface area is 390 Å². The summed E-state index contributed by atoms with van der Waals surface area (Å²) in [5.74, 6) is -2.06. The van der Waals surface area contributed by atoms with Gasteiger partial charge in [-0.15, -0.1) is 11.8 Å². The molecule has 3 atom stereocenters. The zero-order chi connectivity index (χ0) is 48.3. The number of amides is 5. The number of esters is 1. The second-order valence-corrected chi connectivity index (χ2v) is 18.4. The lowest BCUT2D eigenvalue weighted by Gasteiger charge is -2.36. The van der Waals surface area contributed by atoms with Crippen LogP contribution in [0.4, 0.5) is 14.4 Å². The zero-order valence-corrected chi connectivity index (χ0v) is 39.1. The topological polar surface area (TPSA) is 213 Å². The quantitative estimate of drug-likeness (QED) is 0.0184.